The van der Waals surface area contributed by atoms with Crippen LogP contribution in [0.15, 0.2) is 0 Å². The first kappa shape index (κ1) is 19.1. The van der Waals surface area contributed by atoms with E-state index in [-0.39, 0.29) is 5.91 Å². The van der Waals surface area contributed by atoms with Crippen LogP contribution in [0.3, 0.4) is 0 Å². The van der Waals surface area contributed by atoms with E-state index >= 15 is 0 Å². The van der Waals surface area contributed by atoms with Gasteiger partial charge >= 0.3 is 0 Å². The summed E-state index contributed by atoms with van der Waals surface area (Å²) in [5.41, 5.74) is 5.29. The zero-order chi connectivity index (χ0) is 15.2. The van der Waals surface area contributed by atoms with Crippen molar-refractivity contribution in [2.24, 2.45) is 5.73 Å². The first-order chi connectivity index (χ1) is 10.3. The highest BCUT2D eigenvalue weighted by Crippen LogP contribution is 2.39. The Hall–Kier alpha value is 0.0500. The number of hydrogen-bond acceptors (Lipinski definition) is 6. The van der Waals surface area contributed by atoms with E-state index in [2.05, 4.69) is 5.32 Å². The predicted octanol–water partition coefficient (Wildman–Crippen LogP) is 1.81. The van der Waals surface area contributed by atoms with E-state index in [1.807, 2.05) is 21.6 Å². The number of carbonyl (C=O) groups excluding carboxylic acids is 1. The second kappa shape index (κ2) is 13.7. The second-order valence-corrected chi connectivity index (χ2v) is 7.73. The molecule has 0 aromatic heterocycles. The number of rotatable bonds is 13. The van der Waals surface area contributed by atoms with Gasteiger partial charge in [-0.2, -0.15) is 0 Å². The van der Waals surface area contributed by atoms with E-state index < -0.39 is 0 Å². The summed E-state index contributed by atoms with van der Waals surface area (Å²) in [6, 6.07) is 0. The number of unbranched alkanes of at least 4 members (excludes halogenated alkanes) is 1. The zero-order valence-corrected chi connectivity index (χ0v) is 14.3. The minimum atomic E-state index is 0.131. The fraction of sp³-hybridized carbons (Fsp3) is 0.929. The minimum Gasteiger partial charge on any atom is -0.378 e. The molecule has 1 heterocycles. The number of hydrogen-bond donors (Lipinski definition) is 2. The van der Waals surface area contributed by atoms with Gasteiger partial charge in [-0.15, -0.1) is 0 Å². The Kier molecular flexibility index (Phi) is 12.5. The Morgan fingerprint density at radius 3 is 2.71 bits per heavy atom. The van der Waals surface area contributed by atoms with Crippen LogP contribution in [0.4, 0.5) is 0 Å². The molecule has 5 nitrogen and oxygen atoms in total. The fourth-order valence-corrected chi connectivity index (χ4v) is 5.01. The van der Waals surface area contributed by atoms with Gasteiger partial charge in [0.25, 0.3) is 0 Å². The number of nitrogens with two attached hydrogens (primary N) is 1. The normalized spacial score (nSPS) is 18.0. The van der Waals surface area contributed by atoms with Crippen molar-refractivity contribution in [3.05, 3.63) is 0 Å². The summed E-state index contributed by atoms with van der Waals surface area (Å²) in [5, 5.41) is 3.69. The maximum Gasteiger partial charge on any atom is 0.220 e. The Bertz CT molecular complexity index is 265. The molecule has 1 atom stereocenters. The molecule has 1 fully saturated rings. The van der Waals surface area contributed by atoms with Gasteiger partial charge in [0.15, 0.2) is 0 Å². The molecule has 1 saturated heterocycles. The van der Waals surface area contributed by atoms with Crippen LogP contribution in [0.25, 0.3) is 0 Å². The van der Waals surface area contributed by atoms with Crippen molar-refractivity contribution in [2.45, 2.75) is 37.4 Å². The van der Waals surface area contributed by atoms with E-state index in [1.54, 1.807) is 0 Å². The highest BCUT2D eigenvalue weighted by atomic mass is 33.1. The van der Waals surface area contributed by atoms with E-state index in [1.165, 1.54) is 18.6 Å². The summed E-state index contributed by atoms with van der Waals surface area (Å²) in [6.07, 6.45) is 5.34. The number of nitrogens with one attached hydrogen (secondary N) is 1. The molecule has 1 amide bonds. The molecule has 7 heteroatoms. The summed E-state index contributed by atoms with van der Waals surface area (Å²) in [5.74, 6) is 1.42. The average Bonchev–Trinajstić information content (AvgIpc) is 3.00. The molecule has 3 N–H and O–H groups in total. The maximum atomic E-state index is 11.6. The molecule has 1 rings (SSSR count). The first-order valence-corrected chi connectivity index (χ1v) is 10.1. The summed E-state index contributed by atoms with van der Waals surface area (Å²) in [6.45, 7) is 3.32. The van der Waals surface area contributed by atoms with Gasteiger partial charge in [-0.1, -0.05) is 28.0 Å². The van der Waals surface area contributed by atoms with Crippen LogP contribution >= 0.6 is 21.6 Å². The van der Waals surface area contributed by atoms with Gasteiger partial charge in [0.1, 0.15) is 0 Å². The van der Waals surface area contributed by atoms with Crippen molar-refractivity contribution in [3.8, 4) is 0 Å². The fourth-order valence-electron chi connectivity index (χ4n) is 1.98. The monoisotopic (exact) mass is 336 g/mol. The van der Waals surface area contributed by atoms with E-state index in [0.717, 1.165) is 18.1 Å². The summed E-state index contributed by atoms with van der Waals surface area (Å²) < 4.78 is 10.5. The van der Waals surface area contributed by atoms with Crippen LogP contribution in [0.1, 0.15) is 32.1 Å². The topological polar surface area (TPSA) is 73.6 Å². The first-order valence-electron chi connectivity index (χ1n) is 7.73. The molecule has 1 aliphatic rings. The number of carbonyl (C=O) groups is 1. The van der Waals surface area contributed by atoms with Crippen molar-refractivity contribution in [1.29, 1.82) is 0 Å². The molecule has 0 spiro atoms. The molecule has 0 saturated carbocycles. The van der Waals surface area contributed by atoms with Crippen LogP contribution in [0, 0.1) is 0 Å². The van der Waals surface area contributed by atoms with Crippen molar-refractivity contribution in [2.75, 3.05) is 45.3 Å². The molecule has 0 aromatic rings. The smallest absolute Gasteiger partial charge is 0.220 e. The van der Waals surface area contributed by atoms with Crippen LogP contribution in [0.2, 0.25) is 0 Å². The van der Waals surface area contributed by atoms with Gasteiger partial charge in [-0.3, -0.25) is 4.79 Å². The predicted molar refractivity (Wildman–Crippen MR) is 90.6 cm³/mol. The van der Waals surface area contributed by atoms with Crippen LogP contribution in [-0.4, -0.2) is 56.4 Å². The van der Waals surface area contributed by atoms with E-state index in [0.29, 0.717) is 45.9 Å². The maximum absolute atomic E-state index is 11.6. The molecule has 0 aliphatic carbocycles. The average molecular weight is 337 g/mol. The lowest BCUT2D eigenvalue weighted by Crippen LogP contribution is -2.27. The number of amides is 1. The second-order valence-electron chi connectivity index (χ2n) is 4.94. The summed E-state index contributed by atoms with van der Waals surface area (Å²) >= 11 is 0. The van der Waals surface area contributed by atoms with Crippen LogP contribution in [0.5, 0.6) is 0 Å². The molecule has 0 aromatic carbocycles. The van der Waals surface area contributed by atoms with Gasteiger partial charge in [-0.05, 0) is 19.3 Å². The molecule has 0 radical (unpaired) electrons. The van der Waals surface area contributed by atoms with Gasteiger partial charge in [0.05, 0.1) is 26.4 Å². The summed E-state index contributed by atoms with van der Waals surface area (Å²) in [4.78, 5) is 11.6. The highest BCUT2D eigenvalue weighted by Gasteiger charge is 2.15. The molecule has 1 aliphatic heterocycles. The van der Waals surface area contributed by atoms with Gasteiger partial charge in [0, 0.05) is 30.5 Å². The lowest BCUT2D eigenvalue weighted by molar-refractivity contribution is -0.121. The Morgan fingerprint density at radius 1 is 1.19 bits per heavy atom. The Labute approximate surface area is 135 Å². The van der Waals surface area contributed by atoms with Crippen molar-refractivity contribution in [1.82, 2.24) is 5.32 Å². The molecular formula is C14H28N2O3S2. The lowest BCUT2D eigenvalue weighted by Gasteiger charge is -2.08. The number of ether oxygens (including phenoxy) is 2. The van der Waals surface area contributed by atoms with Gasteiger partial charge in [-0.25, -0.2) is 0 Å². The molecule has 0 unspecified atom stereocenters. The minimum absolute atomic E-state index is 0.131. The quantitative estimate of drug-likeness (QED) is 0.395. The van der Waals surface area contributed by atoms with Gasteiger partial charge < -0.3 is 20.5 Å². The molecule has 124 valence electrons. The Morgan fingerprint density at radius 2 is 2.00 bits per heavy atom. The summed E-state index contributed by atoms with van der Waals surface area (Å²) in [7, 11) is 3.99. The Balaban J connectivity index is 1.78. The largest absolute Gasteiger partial charge is 0.378 e. The van der Waals surface area contributed by atoms with Crippen molar-refractivity contribution < 1.29 is 14.3 Å². The van der Waals surface area contributed by atoms with Crippen LogP contribution in [-0.2, 0) is 14.3 Å². The highest BCUT2D eigenvalue weighted by molar-refractivity contribution is 8.77. The molecule has 0 bridgehead atoms. The van der Waals surface area contributed by atoms with Crippen molar-refractivity contribution >= 4 is 27.5 Å². The third-order valence-electron chi connectivity index (χ3n) is 3.11. The molecule has 21 heavy (non-hydrogen) atoms. The van der Waals surface area contributed by atoms with Gasteiger partial charge in [0.2, 0.25) is 5.91 Å². The van der Waals surface area contributed by atoms with E-state index in [4.69, 9.17) is 15.2 Å². The third kappa shape index (κ3) is 11.3. The standard InChI is InChI=1S/C14H28N2O3S2/c15-6-8-18-10-11-19-9-7-16-14(17)4-2-1-3-13-5-12-20-21-13/h13H,1-12,15H2,(H,16,17)/t13-/m1/s1. The zero-order valence-electron chi connectivity index (χ0n) is 12.7. The lowest BCUT2D eigenvalue weighted by atomic mass is 10.1. The molecular weight excluding hydrogens is 308 g/mol. The van der Waals surface area contributed by atoms with E-state index in [9.17, 15) is 4.79 Å². The SMILES string of the molecule is NCCOCCOCCNC(=O)CCCC[C@@H]1CCSS1. The third-order valence-corrected chi connectivity index (χ3v) is 6.12. The van der Waals surface area contributed by atoms with Crippen molar-refractivity contribution in [3.63, 3.8) is 0 Å². The van der Waals surface area contributed by atoms with Crippen LogP contribution < -0.4 is 11.1 Å².